The van der Waals surface area contributed by atoms with Crippen molar-refractivity contribution in [2.45, 2.75) is 72.1 Å². The number of rotatable bonds is 10. The first kappa shape index (κ1) is 35.4. The van der Waals surface area contributed by atoms with Gasteiger partial charge < -0.3 is 0 Å². The van der Waals surface area contributed by atoms with Crippen molar-refractivity contribution in [3.63, 3.8) is 0 Å². The van der Waals surface area contributed by atoms with Crippen molar-refractivity contribution in [1.29, 1.82) is 0 Å². The summed E-state index contributed by atoms with van der Waals surface area (Å²) >= 11 is -1.05. The van der Waals surface area contributed by atoms with Crippen molar-refractivity contribution in [3.05, 3.63) is 80.5 Å². The number of ether oxygens (including phenoxy) is 4. The van der Waals surface area contributed by atoms with E-state index in [-0.39, 0.29) is 33.8 Å². The molecule has 2 aliphatic rings. The molecule has 4 heterocycles. The van der Waals surface area contributed by atoms with Crippen LogP contribution < -0.4 is 11.3 Å². The molecule has 49 heavy (non-hydrogen) atoms. The molecule has 2 fully saturated rings. The molecule has 0 radical (unpaired) electrons. The summed E-state index contributed by atoms with van der Waals surface area (Å²) < 4.78 is 33.7. The average Bonchev–Trinajstić information content (AvgIpc) is 3.07. The van der Waals surface area contributed by atoms with Gasteiger partial charge >= 0.3 is 283 Å². The maximum absolute atomic E-state index is 12.6. The van der Waals surface area contributed by atoms with Crippen LogP contribution in [0.2, 0.25) is 0 Å². The van der Waals surface area contributed by atoms with Crippen LogP contribution >= 0.6 is 0 Å². The van der Waals surface area contributed by atoms with Gasteiger partial charge in [0.1, 0.15) is 0 Å². The van der Waals surface area contributed by atoms with E-state index in [1.54, 1.807) is 0 Å². The Morgan fingerprint density at radius 3 is 1.41 bits per heavy atom. The Hall–Kier alpha value is -3.42. The maximum atomic E-state index is 12.6. The normalized spacial score (nSPS) is 30.6. The van der Waals surface area contributed by atoms with Gasteiger partial charge in [0.15, 0.2) is 0 Å². The third-order valence-corrected chi connectivity index (χ3v) is 11.1. The molecule has 8 N–H and O–H groups in total. The van der Waals surface area contributed by atoms with Crippen LogP contribution in [0.3, 0.4) is 0 Å². The first-order chi connectivity index (χ1) is 23.5. The van der Waals surface area contributed by atoms with E-state index in [4.69, 9.17) is 27.8 Å². The van der Waals surface area contributed by atoms with E-state index in [2.05, 4.69) is 0 Å². The molecular weight excluding hydrogens is 719 g/mol. The second-order valence-corrected chi connectivity index (χ2v) is 14.2. The van der Waals surface area contributed by atoms with Gasteiger partial charge in [0.2, 0.25) is 0 Å². The van der Waals surface area contributed by atoms with E-state index in [0.29, 0.717) is 10.8 Å². The van der Waals surface area contributed by atoms with Crippen LogP contribution in [0, 0.1) is 0 Å². The zero-order valence-electron chi connectivity index (χ0n) is 25.5. The van der Waals surface area contributed by atoms with Crippen LogP contribution in [0.15, 0.2) is 67.0 Å². The zero-order chi connectivity index (χ0) is 35.0. The van der Waals surface area contributed by atoms with Crippen molar-refractivity contribution in [1.82, 2.24) is 0 Å². The summed E-state index contributed by atoms with van der Waals surface area (Å²) in [5.74, 6) is -0.119. The molecule has 17 heteroatoms. The summed E-state index contributed by atoms with van der Waals surface area (Å²) in [6, 6.07) is 11.2. The second kappa shape index (κ2) is 14.8. The summed E-state index contributed by atoms with van der Waals surface area (Å²) in [6.07, 6.45) is -11.5. The van der Waals surface area contributed by atoms with Gasteiger partial charge in [-0.05, 0) is 0 Å². The topological polar surface area (TPSA) is 259 Å². The molecule has 264 valence electrons. The van der Waals surface area contributed by atoms with Gasteiger partial charge in [-0.3, -0.25) is 0 Å². The van der Waals surface area contributed by atoms with E-state index in [9.17, 15) is 50.4 Å². The Morgan fingerprint density at radius 2 is 1.02 bits per heavy atom. The fraction of sp³-hybridized carbons (Fsp3) is 0.438. The Kier molecular flexibility index (Phi) is 10.7. The number of benzene rings is 2. The molecule has 0 unspecified atom stereocenters. The fourth-order valence-corrected chi connectivity index (χ4v) is 8.49. The Balaban J connectivity index is 1.17. The predicted molar refractivity (Wildman–Crippen MR) is 167 cm³/mol. The molecular formula is C32H34O16Se. The summed E-state index contributed by atoms with van der Waals surface area (Å²) in [5, 5.41) is 82.2. The number of fused-ring (bicyclic) bond motifs is 2. The third-order valence-electron chi connectivity index (χ3n) is 8.35. The number of aromatic hydroxyl groups is 2. The van der Waals surface area contributed by atoms with Crippen LogP contribution in [0.25, 0.3) is 21.9 Å². The van der Waals surface area contributed by atoms with E-state index in [1.807, 2.05) is 0 Å². The van der Waals surface area contributed by atoms with E-state index < -0.39 is 111 Å². The average molecular weight is 754 g/mol. The number of hydrogen-bond donors (Lipinski definition) is 8. The van der Waals surface area contributed by atoms with Crippen LogP contribution in [-0.2, 0) is 32.2 Å². The quantitative estimate of drug-likeness (QED) is 0.0668. The standard InChI is InChI=1S/C32H34O16Se/c33-9-21-23(37)27(43-11-15-5-13-7-17(35)1-3-19(13)45-29(15)41)25(39)31(47-21)49-32-26(40)28(24(38)22(10-34)48-32)44-12-16-6-14-8-18(36)2-4-20(14)46-30(16)42/h1-8,21-28,31-40H,9-12H2/t21-,22-,23+,24+,25-,26-,27+,28+,31+,32+/m1/s1. The van der Waals surface area contributed by atoms with E-state index >= 15 is 0 Å². The summed E-state index contributed by atoms with van der Waals surface area (Å²) in [5.41, 5.74) is -0.995. The molecule has 0 spiro atoms. The van der Waals surface area contributed by atoms with E-state index in [1.165, 1.54) is 48.5 Å². The van der Waals surface area contributed by atoms with E-state index in [0.717, 1.165) is 0 Å². The van der Waals surface area contributed by atoms with Crippen LogP contribution in [0.5, 0.6) is 11.5 Å². The minimum absolute atomic E-state index is 0.0228. The van der Waals surface area contributed by atoms with Crippen molar-refractivity contribution in [2.75, 3.05) is 13.2 Å². The molecule has 2 aromatic heterocycles. The van der Waals surface area contributed by atoms with Crippen molar-refractivity contribution in [3.8, 4) is 11.5 Å². The molecule has 0 amide bonds. The Labute approximate surface area is 282 Å². The second-order valence-electron chi connectivity index (χ2n) is 11.7. The van der Waals surface area contributed by atoms with Crippen molar-refractivity contribution in [2.24, 2.45) is 0 Å². The molecule has 10 atom stereocenters. The van der Waals surface area contributed by atoms with Gasteiger partial charge in [0.25, 0.3) is 0 Å². The van der Waals surface area contributed by atoms with Gasteiger partial charge in [-0.25, -0.2) is 0 Å². The molecule has 0 aliphatic carbocycles. The molecule has 6 rings (SSSR count). The molecule has 2 saturated heterocycles. The summed E-state index contributed by atoms with van der Waals surface area (Å²) in [7, 11) is 0. The molecule has 2 aromatic carbocycles. The molecule has 0 saturated carbocycles. The molecule has 4 aromatic rings. The number of phenolic OH excluding ortho intramolecular Hbond substituents is 2. The molecule has 2 aliphatic heterocycles. The summed E-state index contributed by atoms with van der Waals surface area (Å²) in [4.78, 5) is 25.1. The Bertz CT molecular complexity index is 1760. The van der Waals surface area contributed by atoms with Crippen LogP contribution in [0.1, 0.15) is 11.1 Å². The predicted octanol–water partition coefficient (Wildman–Crippen LogP) is -1.64. The zero-order valence-corrected chi connectivity index (χ0v) is 27.2. The van der Waals surface area contributed by atoms with Crippen molar-refractivity contribution >= 4 is 36.9 Å². The van der Waals surface area contributed by atoms with Gasteiger partial charge in [0.05, 0.1) is 0 Å². The number of aliphatic hydroxyl groups is 6. The van der Waals surface area contributed by atoms with Crippen LogP contribution in [-0.4, -0.2) is 128 Å². The number of phenols is 2. The third kappa shape index (κ3) is 7.39. The minimum atomic E-state index is -1.57. The first-order valence-corrected chi connectivity index (χ1v) is 17.1. The fourth-order valence-electron chi connectivity index (χ4n) is 5.74. The van der Waals surface area contributed by atoms with Gasteiger partial charge in [-0.1, -0.05) is 0 Å². The van der Waals surface area contributed by atoms with Gasteiger partial charge in [-0.2, -0.15) is 0 Å². The number of aliphatic hydroxyl groups excluding tert-OH is 6. The van der Waals surface area contributed by atoms with Crippen molar-refractivity contribution < 1.29 is 68.6 Å². The first-order valence-electron chi connectivity index (χ1n) is 15.1. The SMILES string of the molecule is O=c1oc2ccc(O)cc2cc1CO[C@H]1[C@@H](O)[C@@H](CO)O[C@@H]([Se][C@@H]2O[C@H](CO)[C@H](O)[C@H](OCc3cc4cc(O)ccc4oc3=O)[C@H]2O)[C@@H]1O. The number of hydrogen-bond acceptors (Lipinski definition) is 16. The van der Waals surface area contributed by atoms with Gasteiger partial charge in [0, 0.05) is 0 Å². The molecule has 0 bridgehead atoms. The Morgan fingerprint density at radius 1 is 0.612 bits per heavy atom. The monoisotopic (exact) mass is 754 g/mol. The summed E-state index contributed by atoms with van der Waals surface area (Å²) in [6.45, 7) is -2.21. The molecule has 16 nitrogen and oxygen atoms in total. The van der Waals surface area contributed by atoms with Gasteiger partial charge in [-0.15, -0.1) is 0 Å². The van der Waals surface area contributed by atoms with Crippen LogP contribution in [0.4, 0.5) is 0 Å².